The molecule has 0 radical (unpaired) electrons. The first-order valence-electron chi connectivity index (χ1n) is 3.84. The molecule has 2 atom stereocenters. The smallest absolute Gasteiger partial charge is 0.107 e. The predicted octanol–water partition coefficient (Wildman–Crippen LogP) is 2.41. The van der Waals surface area contributed by atoms with Gasteiger partial charge >= 0.3 is 0 Å². The molecule has 0 saturated carbocycles. The number of rotatable bonds is 2. The van der Waals surface area contributed by atoms with Gasteiger partial charge in [0.2, 0.25) is 0 Å². The molecule has 4 heteroatoms. The number of hydrogen-bond acceptors (Lipinski definition) is 2. The molecule has 0 aliphatic heterocycles. The molecule has 0 saturated heterocycles. The van der Waals surface area contributed by atoms with Gasteiger partial charge in [0.25, 0.3) is 0 Å². The molecule has 0 amide bonds. The molecule has 0 aliphatic carbocycles. The Kier molecular flexibility index (Phi) is 3.56. The van der Waals surface area contributed by atoms with Crippen molar-refractivity contribution in [3.8, 4) is 0 Å². The Morgan fingerprint density at radius 3 is 2.00 bits per heavy atom. The Balaban J connectivity index is 3.12. The summed E-state index contributed by atoms with van der Waals surface area (Å²) in [5.41, 5.74) is 0.376. The summed E-state index contributed by atoms with van der Waals surface area (Å²) in [6.45, 7) is 1.48. The van der Waals surface area contributed by atoms with E-state index in [2.05, 4.69) is 0 Å². The fourth-order valence-corrected chi connectivity index (χ4v) is 1.66. The molecule has 0 aliphatic rings. The quantitative estimate of drug-likeness (QED) is 0.804. The Labute approximate surface area is 86.7 Å². The number of aliphatic hydroxyl groups excluding tert-OH is 2. The zero-order valence-corrected chi connectivity index (χ0v) is 8.55. The van der Waals surface area contributed by atoms with Crippen LogP contribution in [-0.4, -0.2) is 16.3 Å². The fourth-order valence-electron chi connectivity index (χ4n) is 1.03. The van der Waals surface area contributed by atoms with Crippen molar-refractivity contribution < 1.29 is 10.2 Å². The first kappa shape index (κ1) is 10.8. The molecule has 72 valence electrons. The van der Waals surface area contributed by atoms with Crippen molar-refractivity contribution in [1.82, 2.24) is 0 Å². The van der Waals surface area contributed by atoms with Crippen LogP contribution in [0.5, 0.6) is 0 Å². The minimum Gasteiger partial charge on any atom is -0.390 e. The van der Waals surface area contributed by atoms with Crippen molar-refractivity contribution in [2.45, 2.75) is 19.1 Å². The fraction of sp³-hybridized carbons (Fsp3) is 0.333. The molecule has 1 aromatic rings. The molecule has 2 unspecified atom stereocenters. The van der Waals surface area contributed by atoms with Gasteiger partial charge in [-0.15, -0.1) is 0 Å². The van der Waals surface area contributed by atoms with E-state index in [1.54, 1.807) is 18.2 Å². The van der Waals surface area contributed by atoms with Crippen LogP contribution in [0.15, 0.2) is 18.2 Å². The monoisotopic (exact) mass is 220 g/mol. The van der Waals surface area contributed by atoms with Crippen LogP contribution in [0.1, 0.15) is 18.6 Å². The molecule has 0 heterocycles. The van der Waals surface area contributed by atoms with Gasteiger partial charge < -0.3 is 10.2 Å². The Morgan fingerprint density at radius 2 is 1.62 bits per heavy atom. The second-order valence-electron chi connectivity index (χ2n) is 2.82. The van der Waals surface area contributed by atoms with E-state index in [-0.39, 0.29) is 0 Å². The second kappa shape index (κ2) is 4.29. The number of halogens is 2. The van der Waals surface area contributed by atoms with Gasteiger partial charge in [-0.25, -0.2) is 0 Å². The van der Waals surface area contributed by atoms with Crippen LogP contribution in [0.25, 0.3) is 0 Å². The van der Waals surface area contributed by atoms with Crippen LogP contribution in [0.2, 0.25) is 10.0 Å². The molecule has 1 rings (SSSR count). The van der Waals surface area contributed by atoms with E-state index in [9.17, 15) is 5.11 Å². The van der Waals surface area contributed by atoms with Crippen molar-refractivity contribution in [1.29, 1.82) is 0 Å². The van der Waals surface area contributed by atoms with E-state index in [1.807, 2.05) is 0 Å². The molecule has 13 heavy (non-hydrogen) atoms. The van der Waals surface area contributed by atoms with Gasteiger partial charge in [-0.05, 0) is 19.1 Å². The van der Waals surface area contributed by atoms with Crippen LogP contribution in [-0.2, 0) is 0 Å². The molecule has 0 bridgehead atoms. The maximum atomic E-state index is 9.54. The van der Waals surface area contributed by atoms with Gasteiger partial charge in [0.15, 0.2) is 0 Å². The molecule has 1 aromatic carbocycles. The van der Waals surface area contributed by atoms with Gasteiger partial charge in [0, 0.05) is 15.6 Å². The molecule has 0 fully saturated rings. The van der Waals surface area contributed by atoms with Crippen molar-refractivity contribution in [2.75, 3.05) is 0 Å². The van der Waals surface area contributed by atoms with Crippen LogP contribution in [0.3, 0.4) is 0 Å². The Bertz CT molecular complexity index is 279. The van der Waals surface area contributed by atoms with E-state index in [1.165, 1.54) is 6.92 Å². The summed E-state index contributed by atoms with van der Waals surface area (Å²) in [6, 6.07) is 4.92. The maximum absolute atomic E-state index is 9.54. The third-order valence-corrected chi connectivity index (χ3v) is 2.41. The highest BCUT2D eigenvalue weighted by Crippen LogP contribution is 2.31. The molecule has 2 N–H and O–H groups in total. The lowest BCUT2D eigenvalue weighted by molar-refractivity contribution is 0.0306. The minimum absolute atomic E-state index is 0.362. The Morgan fingerprint density at radius 1 is 1.15 bits per heavy atom. The molecular weight excluding hydrogens is 211 g/mol. The lowest BCUT2D eigenvalue weighted by Gasteiger charge is -2.16. The van der Waals surface area contributed by atoms with Crippen molar-refractivity contribution in [3.05, 3.63) is 33.8 Å². The van der Waals surface area contributed by atoms with E-state index >= 15 is 0 Å². The van der Waals surface area contributed by atoms with Gasteiger partial charge in [-0.1, -0.05) is 29.3 Å². The average molecular weight is 221 g/mol. The Hall–Kier alpha value is -0.280. The van der Waals surface area contributed by atoms with Gasteiger partial charge in [-0.3, -0.25) is 0 Å². The second-order valence-corrected chi connectivity index (χ2v) is 3.64. The standard InChI is InChI=1S/C9H10Cl2O2/c1-5(12)9(13)8-6(10)3-2-4-7(8)11/h2-5,9,12-13H,1H3. The summed E-state index contributed by atoms with van der Waals surface area (Å²) in [4.78, 5) is 0. The number of benzene rings is 1. The van der Waals surface area contributed by atoms with Gasteiger partial charge in [0.05, 0.1) is 6.10 Å². The van der Waals surface area contributed by atoms with Gasteiger partial charge in [0.1, 0.15) is 6.10 Å². The van der Waals surface area contributed by atoms with Crippen LogP contribution < -0.4 is 0 Å². The van der Waals surface area contributed by atoms with Crippen LogP contribution >= 0.6 is 23.2 Å². The van der Waals surface area contributed by atoms with E-state index in [0.29, 0.717) is 15.6 Å². The zero-order valence-electron chi connectivity index (χ0n) is 7.04. The highest BCUT2D eigenvalue weighted by Gasteiger charge is 2.19. The van der Waals surface area contributed by atoms with Crippen molar-refractivity contribution >= 4 is 23.2 Å². The minimum atomic E-state index is -1.04. The highest BCUT2D eigenvalue weighted by molar-refractivity contribution is 6.36. The molecule has 0 aromatic heterocycles. The van der Waals surface area contributed by atoms with E-state index < -0.39 is 12.2 Å². The largest absolute Gasteiger partial charge is 0.390 e. The predicted molar refractivity (Wildman–Crippen MR) is 53.1 cm³/mol. The topological polar surface area (TPSA) is 40.5 Å². The normalized spacial score (nSPS) is 15.5. The summed E-state index contributed by atoms with van der Waals surface area (Å²) >= 11 is 11.6. The average Bonchev–Trinajstić information content (AvgIpc) is 2.03. The van der Waals surface area contributed by atoms with E-state index in [0.717, 1.165) is 0 Å². The third-order valence-electron chi connectivity index (χ3n) is 1.75. The molecule has 0 spiro atoms. The van der Waals surface area contributed by atoms with Crippen LogP contribution in [0.4, 0.5) is 0 Å². The lowest BCUT2D eigenvalue weighted by atomic mass is 10.1. The summed E-state index contributed by atoms with van der Waals surface area (Å²) in [7, 11) is 0. The number of hydrogen-bond donors (Lipinski definition) is 2. The zero-order chi connectivity index (χ0) is 10.0. The molecular formula is C9H10Cl2O2. The molecule has 2 nitrogen and oxygen atoms in total. The third kappa shape index (κ3) is 2.35. The first-order chi connectivity index (χ1) is 6.04. The summed E-state index contributed by atoms with van der Waals surface area (Å²) in [5.74, 6) is 0. The lowest BCUT2D eigenvalue weighted by Crippen LogP contribution is -2.14. The van der Waals surface area contributed by atoms with Crippen molar-refractivity contribution in [2.24, 2.45) is 0 Å². The number of aliphatic hydroxyl groups is 2. The summed E-state index contributed by atoms with van der Waals surface area (Å²) in [5, 5.41) is 19.4. The first-order valence-corrected chi connectivity index (χ1v) is 4.59. The maximum Gasteiger partial charge on any atom is 0.107 e. The van der Waals surface area contributed by atoms with Gasteiger partial charge in [-0.2, -0.15) is 0 Å². The van der Waals surface area contributed by atoms with Crippen molar-refractivity contribution in [3.63, 3.8) is 0 Å². The van der Waals surface area contributed by atoms with E-state index in [4.69, 9.17) is 28.3 Å². The summed E-state index contributed by atoms with van der Waals surface area (Å²) < 4.78 is 0. The highest BCUT2D eigenvalue weighted by atomic mass is 35.5. The SMILES string of the molecule is CC(O)C(O)c1c(Cl)cccc1Cl. The van der Waals surface area contributed by atoms with Crippen LogP contribution in [0, 0.1) is 0 Å². The summed E-state index contributed by atoms with van der Waals surface area (Å²) in [6.07, 6.45) is -1.93.